The van der Waals surface area contributed by atoms with Crippen LogP contribution in [-0.4, -0.2) is 29.9 Å². The minimum atomic E-state index is 0.0946. The molecular formula is C17H25NO2S. The van der Waals surface area contributed by atoms with Crippen LogP contribution in [0.15, 0.2) is 23.1 Å². The van der Waals surface area contributed by atoms with Crippen LogP contribution in [0.1, 0.15) is 37.3 Å². The van der Waals surface area contributed by atoms with Gasteiger partial charge in [-0.2, -0.15) is 0 Å². The minimum Gasteiger partial charge on any atom is -0.396 e. The summed E-state index contributed by atoms with van der Waals surface area (Å²) in [7, 11) is 0. The van der Waals surface area contributed by atoms with Gasteiger partial charge in [-0.3, -0.25) is 4.79 Å². The highest BCUT2D eigenvalue weighted by Gasteiger charge is 2.11. The number of nitrogens with one attached hydrogen (secondary N) is 1. The number of aryl methyl sites for hydroxylation is 2. The van der Waals surface area contributed by atoms with E-state index in [1.54, 1.807) is 11.8 Å². The molecule has 0 saturated heterocycles. The molecule has 1 aromatic carbocycles. The van der Waals surface area contributed by atoms with Crippen LogP contribution < -0.4 is 5.32 Å². The highest BCUT2D eigenvalue weighted by atomic mass is 32.2. The Morgan fingerprint density at radius 3 is 3.00 bits per heavy atom. The highest BCUT2D eigenvalue weighted by Crippen LogP contribution is 2.27. The first-order valence-electron chi connectivity index (χ1n) is 7.81. The lowest BCUT2D eigenvalue weighted by Gasteiger charge is -2.09. The summed E-state index contributed by atoms with van der Waals surface area (Å²) in [4.78, 5) is 13.0. The fourth-order valence-corrected chi connectivity index (χ4v) is 3.40. The predicted octanol–water partition coefficient (Wildman–Crippen LogP) is 2.79. The largest absolute Gasteiger partial charge is 0.396 e. The molecule has 0 aromatic heterocycles. The van der Waals surface area contributed by atoms with Gasteiger partial charge in [-0.05, 0) is 61.3 Å². The average Bonchev–Trinajstić information content (AvgIpc) is 2.96. The fourth-order valence-electron chi connectivity index (χ4n) is 2.61. The molecule has 0 radical (unpaired) electrons. The molecule has 0 heterocycles. The van der Waals surface area contributed by atoms with Gasteiger partial charge >= 0.3 is 0 Å². The van der Waals surface area contributed by atoms with Gasteiger partial charge in [0.05, 0.1) is 5.75 Å². The summed E-state index contributed by atoms with van der Waals surface area (Å²) in [5.74, 6) is 0.897. The van der Waals surface area contributed by atoms with Crippen LogP contribution in [0.4, 0.5) is 0 Å². The van der Waals surface area contributed by atoms with E-state index in [1.165, 1.54) is 35.3 Å². The Kier molecular flexibility index (Phi) is 6.58. The number of fused-ring (bicyclic) bond motifs is 1. The van der Waals surface area contributed by atoms with Gasteiger partial charge in [0.25, 0.3) is 0 Å². The summed E-state index contributed by atoms with van der Waals surface area (Å²) in [5, 5.41) is 11.9. The molecule has 0 fully saturated rings. The third kappa shape index (κ3) is 5.36. The first-order valence-corrected chi connectivity index (χ1v) is 8.79. The van der Waals surface area contributed by atoms with Crippen molar-refractivity contribution < 1.29 is 9.90 Å². The molecule has 1 unspecified atom stereocenters. The molecule has 2 N–H and O–H groups in total. The molecule has 1 amide bonds. The predicted molar refractivity (Wildman–Crippen MR) is 87.7 cm³/mol. The van der Waals surface area contributed by atoms with Crippen LogP contribution in [0.2, 0.25) is 0 Å². The summed E-state index contributed by atoms with van der Waals surface area (Å²) in [5.41, 5.74) is 2.93. The number of carbonyl (C=O) groups is 1. The van der Waals surface area contributed by atoms with Crippen molar-refractivity contribution in [3.8, 4) is 0 Å². The van der Waals surface area contributed by atoms with Gasteiger partial charge in [-0.25, -0.2) is 0 Å². The second kappa shape index (κ2) is 8.44. The molecule has 0 aliphatic heterocycles. The van der Waals surface area contributed by atoms with Crippen molar-refractivity contribution >= 4 is 17.7 Å². The monoisotopic (exact) mass is 307 g/mol. The lowest BCUT2D eigenvalue weighted by atomic mass is 10.1. The number of aliphatic hydroxyl groups is 1. The quantitative estimate of drug-likeness (QED) is 0.573. The topological polar surface area (TPSA) is 49.3 Å². The Morgan fingerprint density at radius 2 is 2.19 bits per heavy atom. The maximum absolute atomic E-state index is 11.8. The van der Waals surface area contributed by atoms with Crippen LogP contribution in [0, 0.1) is 5.92 Å². The first kappa shape index (κ1) is 16.4. The second-order valence-corrected chi connectivity index (χ2v) is 6.90. The highest BCUT2D eigenvalue weighted by molar-refractivity contribution is 8.00. The molecule has 0 spiro atoms. The first-order chi connectivity index (χ1) is 10.2. The van der Waals surface area contributed by atoms with Gasteiger partial charge in [0, 0.05) is 18.0 Å². The lowest BCUT2D eigenvalue weighted by Crippen LogP contribution is -2.26. The number of aliphatic hydroxyl groups excluding tert-OH is 1. The number of carbonyl (C=O) groups excluding carboxylic acids is 1. The molecule has 1 aliphatic carbocycles. The summed E-state index contributed by atoms with van der Waals surface area (Å²) >= 11 is 1.61. The van der Waals surface area contributed by atoms with Gasteiger partial charge in [0.15, 0.2) is 0 Å². The third-order valence-electron chi connectivity index (χ3n) is 3.95. The molecule has 2 rings (SSSR count). The van der Waals surface area contributed by atoms with Gasteiger partial charge in [-0.1, -0.05) is 13.0 Å². The van der Waals surface area contributed by atoms with Crippen molar-refractivity contribution in [2.45, 2.75) is 43.9 Å². The maximum atomic E-state index is 11.8. The maximum Gasteiger partial charge on any atom is 0.230 e. The van der Waals surface area contributed by atoms with Crippen molar-refractivity contribution in [2.24, 2.45) is 5.92 Å². The van der Waals surface area contributed by atoms with E-state index >= 15 is 0 Å². The van der Waals surface area contributed by atoms with Gasteiger partial charge in [0.1, 0.15) is 0 Å². The van der Waals surface area contributed by atoms with Gasteiger partial charge in [-0.15, -0.1) is 11.8 Å². The molecule has 3 nitrogen and oxygen atoms in total. The van der Waals surface area contributed by atoms with Gasteiger partial charge in [0.2, 0.25) is 5.91 Å². The molecule has 1 aliphatic rings. The average molecular weight is 307 g/mol. The van der Waals surface area contributed by atoms with Crippen LogP contribution in [0.5, 0.6) is 0 Å². The van der Waals surface area contributed by atoms with E-state index in [4.69, 9.17) is 5.11 Å². The summed E-state index contributed by atoms with van der Waals surface area (Å²) in [6.45, 7) is 2.95. The van der Waals surface area contributed by atoms with E-state index in [2.05, 4.69) is 23.5 Å². The Labute approximate surface area is 131 Å². The molecule has 1 atom stereocenters. The lowest BCUT2D eigenvalue weighted by molar-refractivity contribution is -0.118. The molecule has 4 heteroatoms. The number of benzene rings is 1. The normalized spacial score (nSPS) is 14.8. The van der Waals surface area contributed by atoms with E-state index in [0.29, 0.717) is 18.2 Å². The molecule has 0 saturated carbocycles. The smallest absolute Gasteiger partial charge is 0.230 e. The van der Waals surface area contributed by atoms with Crippen molar-refractivity contribution in [1.29, 1.82) is 0 Å². The summed E-state index contributed by atoms with van der Waals surface area (Å²) in [6.07, 6.45) is 5.52. The number of thioether (sulfide) groups is 1. The number of hydrogen-bond donors (Lipinski definition) is 2. The van der Waals surface area contributed by atoms with Crippen LogP contribution in [-0.2, 0) is 17.6 Å². The molecule has 1 aromatic rings. The van der Waals surface area contributed by atoms with E-state index in [-0.39, 0.29) is 12.5 Å². The number of rotatable bonds is 8. The Hall–Kier alpha value is -1.00. The molecular weight excluding hydrogens is 282 g/mol. The number of amides is 1. The Balaban J connectivity index is 1.65. The number of hydrogen-bond acceptors (Lipinski definition) is 3. The minimum absolute atomic E-state index is 0.0946. The SMILES string of the molecule is CC(CO)CCCNC(=O)CSc1ccc2c(c1)CCC2. The third-order valence-corrected chi connectivity index (χ3v) is 4.94. The van der Waals surface area contributed by atoms with E-state index in [1.807, 2.05) is 6.92 Å². The fraction of sp³-hybridized carbons (Fsp3) is 0.588. The Bertz CT molecular complexity index is 476. The zero-order chi connectivity index (χ0) is 15.1. The van der Waals surface area contributed by atoms with Crippen molar-refractivity contribution in [3.63, 3.8) is 0 Å². The summed E-state index contributed by atoms with van der Waals surface area (Å²) < 4.78 is 0. The van der Waals surface area contributed by atoms with E-state index in [9.17, 15) is 4.79 Å². The molecule has 0 bridgehead atoms. The van der Waals surface area contributed by atoms with Gasteiger partial charge < -0.3 is 10.4 Å². The molecule has 116 valence electrons. The Morgan fingerprint density at radius 1 is 1.38 bits per heavy atom. The second-order valence-electron chi connectivity index (χ2n) is 5.85. The van der Waals surface area contributed by atoms with Crippen LogP contribution in [0.3, 0.4) is 0 Å². The zero-order valence-corrected chi connectivity index (χ0v) is 13.5. The zero-order valence-electron chi connectivity index (χ0n) is 12.7. The van der Waals surface area contributed by atoms with Crippen LogP contribution in [0.25, 0.3) is 0 Å². The standard InChI is InChI=1S/C17H25NO2S/c1-13(11-19)4-3-9-18-17(20)12-21-16-8-7-14-5-2-6-15(14)10-16/h7-8,10,13,19H,2-6,9,11-12H2,1H3,(H,18,20). The van der Waals surface area contributed by atoms with E-state index < -0.39 is 0 Å². The van der Waals surface area contributed by atoms with E-state index in [0.717, 1.165) is 12.8 Å². The van der Waals surface area contributed by atoms with Crippen molar-refractivity contribution in [3.05, 3.63) is 29.3 Å². The van der Waals surface area contributed by atoms with Crippen molar-refractivity contribution in [1.82, 2.24) is 5.32 Å². The summed E-state index contributed by atoms with van der Waals surface area (Å²) in [6, 6.07) is 6.58. The molecule has 21 heavy (non-hydrogen) atoms. The van der Waals surface area contributed by atoms with Crippen molar-refractivity contribution in [2.75, 3.05) is 18.9 Å². The van der Waals surface area contributed by atoms with Crippen LogP contribution >= 0.6 is 11.8 Å².